The lowest BCUT2D eigenvalue weighted by molar-refractivity contribution is -0.138. The van der Waals surface area contributed by atoms with E-state index in [0.29, 0.717) is 11.4 Å². The molecule has 2 aromatic rings. The van der Waals surface area contributed by atoms with Crippen molar-refractivity contribution in [1.82, 2.24) is 19.8 Å². The van der Waals surface area contributed by atoms with E-state index in [0.717, 1.165) is 19.6 Å². The van der Waals surface area contributed by atoms with Crippen LogP contribution in [0.1, 0.15) is 39.1 Å². The molecule has 0 radical (unpaired) electrons. The third-order valence-corrected chi connectivity index (χ3v) is 8.80. The number of hydrogen-bond acceptors (Lipinski definition) is 11. The Balaban J connectivity index is 1.60. The molecule has 0 aromatic carbocycles. The van der Waals surface area contributed by atoms with Gasteiger partial charge in [0.1, 0.15) is 23.1 Å². The lowest BCUT2D eigenvalue weighted by Gasteiger charge is -2.22. The Bertz CT molecular complexity index is 1660. The van der Waals surface area contributed by atoms with Gasteiger partial charge in [0.2, 0.25) is 10.3 Å². The number of imide groups is 2. The highest BCUT2D eigenvalue weighted by Crippen LogP contribution is 2.55. The first-order chi connectivity index (χ1) is 18.3. The zero-order valence-corrected chi connectivity index (χ0v) is 23.2. The molecule has 1 aliphatic carbocycles. The fourth-order valence-electron chi connectivity index (χ4n) is 4.40. The molecule has 5 rings (SSSR count). The summed E-state index contributed by atoms with van der Waals surface area (Å²) in [7, 11) is 2.60. The first-order valence-electron chi connectivity index (χ1n) is 11.4. The van der Waals surface area contributed by atoms with Crippen LogP contribution in [0.15, 0.2) is 32.4 Å². The van der Waals surface area contributed by atoms with Crippen LogP contribution in [0.3, 0.4) is 0 Å². The Hall–Kier alpha value is -4.66. The molecule has 0 bridgehead atoms. The van der Waals surface area contributed by atoms with Crippen molar-refractivity contribution >= 4 is 68.0 Å². The second-order valence-electron chi connectivity index (χ2n) is 9.43. The number of fused-ring (bicyclic) bond motifs is 3. The van der Waals surface area contributed by atoms with Crippen LogP contribution in [0.25, 0.3) is 14.6 Å². The zero-order chi connectivity index (χ0) is 28.5. The highest BCUT2D eigenvalue weighted by atomic mass is 32.1. The maximum Gasteiger partial charge on any atom is 0.279 e. The Morgan fingerprint density at radius 1 is 0.846 bits per heavy atom. The number of likely N-dealkylation sites (N-methyl/N-ethyl adjacent to an activating group) is 2. The van der Waals surface area contributed by atoms with Crippen molar-refractivity contribution in [3.05, 3.63) is 45.2 Å². The number of carbonyl (C=O) groups excluding carboxylic acids is 4. The van der Waals surface area contributed by atoms with Gasteiger partial charge in [0, 0.05) is 19.7 Å². The van der Waals surface area contributed by atoms with Crippen LogP contribution in [-0.2, 0) is 24.6 Å². The third-order valence-electron chi connectivity index (χ3n) is 6.74. The van der Waals surface area contributed by atoms with Gasteiger partial charge in [-0.2, -0.15) is 5.26 Å². The van der Waals surface area contributed by atoms with Crippen LogP contribution in [0.5, 0.6) is 0 Å². The monoisotopic (exact) mass is 558 g/mol. The van der Waals surface area contributed by atoms with Gasteiger partial charge in [-0.25, -0.2) is 24.8 Å². The smallest absolute Gasteiger partial charge is 0.279 e. The molecule has 0 N–H and O–H groups in total. The van der Waals surface area contributed by atoms with Gasteiger partial charge in [-0.3, -0.25) is 29.0 Å². The molecule has 4 amide bonds. The van der Waals surface area contributed by atoms with Crippen LogP contribution in [0.4, 0.5) is 10.3 Å². The summed E-state index contributed by atoms with van der Waals surface area (Å²) >= 11 is 2.47. The second-order valence-corrected chi connectivity index (χ2v) is 11.4. The van der Waals surface area contributed by atoms with Gasteiger partial charge < -0.3 is 0 Å². The SMILES string of the molecule is [C-]#[N+]C1=C(C)C(=Nc2nc3c(s2)-c2sc(N=C4C(=O)N(C)C(=O)C(C#N)=C4C)nc2C3(C)C)C(=O)N(C)C1=O. The van der Waals surface area contributed by atoms with Gasteiger partial charge in [-0.1, -0.05) is 22.7 Å². The van der Waals surface area contributed by atoms with E-state index >= 15 is 0 Å². The molecule has 2 aromatic heterocycles. The van der Waals surface area contributed by atoms with Crippen molar-refractivity contribution in [1.29, 1.82) is 5.26 Å². The van der Waals surface area contributed by atoms with Crippen molar-refractivity contribution in [3.8, 4) is 15.8 Å². The number of hydrogen-bond donors (Lipinski definition) is 0. The summed E-state index contributed by atoms with van der Waals surface area (Å²) in [6.45, 7) is 14.2. The molecule has 14 heteroatoms. The van der Waals surface area contributed by atoms with Crippen LogP contribution >= 0.6 is 22.7 Å². The van der Waals surface area contributed by atoms with Gasteiger partial charge in [-0.05, 0) is 33.3 Å². The Labute approximate surface area is 230 Å². The molecule has 0 atom stereocenters. The minimum absolute atomic E-state index is 0.0185. The zero-order valence-electron chi connectivity index (χ0n) is 21.5. The average Bonchev–Trinajstić information content (AvgIpc) is 3.56. The summed E-state index contributed by atoms with van der Waals surface area (Å²) in [5.41, 5.74) is 0.812. The molecule has 0 saturated heterocycles. The quantitative estimate of drug-likeness (QED) is 0.405. The number of amides is 4. The van der Waals surface area contributed by atoms with Crippen molar-refractivity contribution in [2.75, 3.05) is 14.1 Å². The summed E-state index contributed by atoms with van der Waals surface area (Å²) < 4.78 is 0. The minimum atomic E-state index is -0.675. The van der Waals surface area contributed by atoms with E-state index in [1.807, 2.05) is 19.9 Å². The van der Waals surface area contributed by atoms with Gasteiger partial charge in [-0.15, -0.1) is 0 Å². The Kier molecular flexibility index (Phi) is 5.79. The van der Waals surface area contributed by atoms with E-state index in [2.05, 4.69) is 24.8 Å². The molecule has 0 unspecified atom stereocenters. The van der Waals surface area contributed by atoms with E-state index in [1.54, 1.807) is 0 Å². The average molecular weight is 559 g/mol. The molecule has 4 heterocycles. The standard InChI is InChI=1S/C25H18N8O4S2/c1-9-11(8-26)19(34)32(6)21(36)13(9)28-23-30-17-15(38-23)16-18(25(17,3)4)31-24(39-16)29-14-10(2)12(27-5)20(35)33(7)22(14)37/h1-4,6-7H3. The molecule has 0 saturated carbocycles. The lowest BCUT2D eigenvalue weighted by Crippen LogP contribution is -2.44. The highest BCUT2D eigenvalue weighted by molar-refractivity contribution is 7.25. The normalized spacial score (nSPS) is 20.7. The van der Waals surface area contributed by atoms with Crippen molar-refractivity contribution in [2.24, 2.45) is 9.98 Å². The number of aliphatic imine (C=N–C) groups is 2. The molecular weight excluding hydrogens is 540 g/mol. The maximum absolute atomic E-state index is 12.8. The summed E-state index contributed by atoms with van der Waals surface area (Å²) in [6.07, 6.45) is 0. The number of nitriles is 1. The van der Waals surface area contributed by atoms with Crippen molar-refractivity contribution < 1.29 is 19.2 Å². The van der Waals surface area contributed by atoms with Crippen molar-refractivity contribution in [2.45, 2.75) is 33.1 Å². The van der Waals surface area contributed by atoms with Gasteiger partial charge in [0.25, 0.3) is 29.3 Å². The maximum atomic E-state index is 12.8. The van der Waals surface area contributed by atoms with Crippen LogP contribution in [-0.4, -0.2) is 68.9 Å². The molecule has 39 heavy (non-hydrogen) atoms. The van der Waals surface area contributed by atoms with Crippen molar-refractivity contribution in [3.63, 3.8) is 0 Å². The van der Waals surface area contributed by atoms with Gasteiger partial charge in [0.15, 0.2) is 0 Å². The molecule has 0 spiro atoms. The molecule has 2 aliphatic heterocycles. The van der Waals surface area contributed by atoms with Crippen LogP contribution in [0, 0.1) is 17.9 Å². The number of carbonyl (C=O) groups is 4. The topological polar surface area (TPSA) is 153 Å². The number of thiazole rings is 2. The van der Waals surface area contributed by atoms with Gasteiger partial charge in [0.05, 0.1) is 33.1 Å². The second kappa shape index (κ2) is 8.69. The Morgan fingerprint density at radius 2 is 1.31 bits per heavy atom. The van der Waals surface area contributed by atoms with Gasteiger partial charge >= 0.3 is 0 Å². The molecule has 12 nitrogen and oxygen atoms in total. The summed E-state index contributed by atoms with van der Waals surface area (Å²) in [5.74, 6) is -2.58. The van der Waals surface area contributed by atoms with E-state index in [9.17, 15) is 24.4 Å². The third kappa shape index (κ3) is 3.60. The fraction of sp³-hybridized carbons (Fsp3) is 0.280. The number of rotatable bonds is 2. The van der Waals surface area contributed by atoms with E-state index < -0.39 is 29.0 Å². The molecular formula is C25H18N8O4S2. The largest absolute Gasteiger partial charge is 0.286 e. The molecule has 3 aliphatic rings. The first kappa shape index (κ1) is 26.0. The Morgan fingerprint density at radius 3 is 1.77 bits per heavy atom. The predicted molar refractivity (Wildman–Crippen MR) is 143 cm³/mol. The summed E-state index contributed by atoms with van der Waals surface area (Å²) in [6, 6.07) is 1.84. The van der Waals surface area contributed by atoms with E-state index in [-0.39, 0.29) is 44.1 Å². The summed E-state index contributed by atoms with van der Waals surface area (Å²) in [5, 5.41) is 9.96. The molecule has 194 valence electrons. The summed E-state index contributed by atoms with van der Waals surface area (Å²) in [4.78, 5) is 74.8. The van der Waals surface area contributed by atoms with E-state index in [4.69, 9.17) is 6.57 Å². The number of nitrogens with zero attached hydrogens (tertiary/aromatic N) is 8. The number of aromatic nitrogens is 2. The van der Waals surface area contributed by atoms with Crippen LogP contribution < -0.4 is 0 Å². The van der Waals surface area contributed by atoms with E-state index in [1.165, 1.54) is 50.6 Å². The molecule has 0 fully saturated rings. The first-order valence-corrected chi connectivity index (χ1v) is 13.0. The fourth-order valence-corrected chi connectivity index (χ4v) is 6.74. The minimum Gasteiger partial charge on any atom is -0.286 e. The lowest BCUT2D eigenvalue weighted by atomic mass is 9.90. The predicted octanol–water partition coefficient (Wildman–Crippen LogP) is 3.08. The van der Waals surface area contributed by atoms with Crippen LogP contribution in [0.2, 0.25) is 0 Å². The highest BCUT2D eigenvalue weighted by Gasteiger charge is 2.44.